The molecule has 3 nitrogen and oxygen atoms in total. The van der Waals surface area contributed by atoms with Gasteiger partial charge in [-0.15, -0.1) is 0 Å². The van der Waals surface area contributed by atoms with Gasteiger partial charge in [0, 0.05) is 16.6 Å². The molecular formula is C12H30N3P. The third kappa shape index (κ3) is 10.8. The van der Waals surface area contributed by atoms with Crippen LogP contribution in [0.3, 0.4) is 0 Å². The maximum atomic E-state index is 3.61. The quantitative estimate of drug-likeness (QED) is 0.669. The van der Waals surface area contributed by atoms with E-state index in [9.17, 15) is 0 Å². The standard InChI is InChI=1S/C12H30N3P/c1-10(2,3)13-16(14-11(4,5)6)15-12(7,8)9/h13-15H,1-9H3. The van der Waals surface area contributed by atoms with Crippen LogP contribution in [-0.4, -0.2) is 16.6 Å². The Kier molecular flexibility index (Phi) is 5.41. The fraction of sp³-hybridized carbons (Fsp3) is 1.00. The molecule has 0 aliphatic carbocycles. The highest BCUT2D eigenvalue weighted by Crippen LogP contribution is 2.30. The van der Waals surface area contributed by atoms with E-state index in [-0.39, 0.29) is 16.6 Å². The van der Waals surface area contributed by atoms with Crippen LogP contribution in [0.2, 0.25) is 0 Å². The van der Waals surface area contributed by atoms with E-state index < -0.39 is 8.37 Å². The minimum Gasteiger partial charge on any atom is -0.266 e. The van der Waals surface area contributed by atoms with Crippen LogP contribution >= 0.6 is 8.37 Å². The van der Waals surface area contributed by atoms with E-state index in [0.29, 0.717) is 0 Å². The van der Waals surface area contributed by atoms with Crippen molar-refractivity contribution in [1.82, 2.24) is 15.3 Å². The number of hydrogen-bond acceptors (Lipinski definition) is 3. The monoisotopic (exact) mass is 247 g/mol. The molecule has 0 aromatic carbocycles. The van der Waals surface area contributed by atoms with Crippen molar-refractivity contribution in [3.63, 3.8) is 0 Å². The molecule has 0 saturated heterocycles. The van der Waals surface area contributed by atoms with Gasteiger partial charge in [0.2, 0.25) is 0 Å². The van der Waals surface area contributed by atoms with Gasteiger partial charge in [-0.05, 0) is 62.3 Å². The van der Waals surface area contributed by atoms with Crippen LogP contribution < -0.4 is 15.3 Å². The first-order valence-electron chi connectivity index (χ1n) is 5.92. The zero-order valence-electron chi connectivity index (χ0n) is 12.4. The summed E-state index contributed by atoms with van der Waals surface area (Å²) in [5.41, 5.74) is 0.340. The Hall–Kier alpha value is 0.310. The first-order chi connectivity index (χ1) is 6.79. The van der Waals surface area contributed by atoms with Gasteiger partial charge in [-0.3, -0.25) is 15.3 Å². The van der Waals surface area contributed by atoms with Crippen LogP contribution in [0, 0.1) is 0 Å². The molecule has 0 saturated carbocycles. The predicted molar refractivity (Wildman–Crippen MR) is 75.6 cm³/mol. The summed E-state index contributed by atoms with van der Waals surface area (Å²) in [6, 6.07) is 0. The predicted octanol–water partition coefficient (Wildman–Crippen LogP) is 3.38. The van der Waals surface area contributed by atoms with Gasteiger partial charge >= 0.3 is 0 Å². The van der Waals surface area contributed by atoms with Crippen LogP contribution in [-0.2, 0) is 0 Å². The second-order valence-corrected chi connectivity index (χ2v) is 8.76. The fourth-order valence-electron chi connectivity index (χ4n) is 1.09. The van der Waals surface area contributed by atoms with Crippen LogP contribution in [0.15, 0.2) is 0 Å². The molecule has 0 atom stereocenters. The van der Waals surface area contributed by atoms with E-state index in [1.807, 2.05) is 0 Å². The maximum Gasteiger partial charge on any atom is 0.113 e. The molecule has 4 heteroatoms. The highest BCUT2D eigenvalue weighted by molar-refractivity contribution is 7.51. The van der Waals surface area contributed by atoms with E-state index >= 15 is 0 Å². The Balaban J connectivity index is 4.53. The molecule has 0 aliphatic heterocycles. The summed E-state index contributed by atoms with van der Waals surface area (Å²) in [5.74, 6) is 0. The molecular weight excluding hydrogens is 217 g/mol. The van der Waals surface area contributed by atoms with Gasteiger partial charge in [0.05, 0.1) is 0 Å². The number of nitrogens with one attached hydrogen (secondary N) is 3. The summed E-state index contributed by atoms with van der Waals surface area (Å²) in [6.45, 7) is 19.7. The van der Waals surface area contributed by atoms with Crippen LogP contribution in [0.5, 0.6) is 0 Å². The molecule has 0 spiro atoms. The van der Waals surface area contributed by atoms with E-state index in [1.54, 1.807) is 0 Å². The molecule has 0 amide bonds. The summed E-state index contributed by atoms with van der Waals surface area (Å²) in [6.07, 6.45) is 0. The van der Waals surface area contributed by atoms with Crippen molar-refractivity contribution in [2.24, 2.45) is 0 Å². The summed E-state index contributed by atoms with van der Waals surface area (Å²) in [5, 5.41) is 10.8. The summed E-state index contributed by atoms with van der Waals surface area (Å²) >= 11 is 0. The fourth-order valence-corrected chi connectivity index (χ4v) is 3.27. The van der Waals surface area contributed by atoms with Crippen molar-refractivity contribution >= 4 is 8.37 Å². The topological polar surface area (TPSA) is 36.1 Å². The normalized spacial score (nSPS) is 14.6. The number of rotatable bonds is 3. The second kappa shape index (κ2) is 5.30. The smallest absolute Gasteiger partial charge is 0.113 e. The van der Waals surface area contributed by atoms with Crippen molar-refractivity contribution in [1.29, 1.82) is 0 Å². The van der Waals surface area contributed by atoms with Crippen molar-refractivity contribution < 1.29 is 0 Å². The molecule has 16 heavy (non-hydrogen) atoms. The van der Waals surface area contributed by atoms with Gasteiger partial charge in [-0.1, -0.05) is 0 Å². The highest BCUT2D eigenvalue weighted by Gasteiger charge is 2.25. The molecule has 3 N–H and O–H groups in total. The molecule has 98 valence electrons. The molecule has 0 aromatic heterocycles. The minimum absolute atomic E-state index is 0.113. The van der Waals surface area contributed by atoms with Gasteiger partial charge in [-0.25, -0.2) is 0 Å². The Bertz CT molecular complexity index is 170. The third-order valence-corrected chi connectivity index (χ3v) is 4.02. The molecule has 0 rings (SSSR count). The van der Waals surface area contributed by atoms with Gasteiger partial charge in [-0.2, -0.15) is 0 Å². The Labute approximate surface area is 103 Å². The van der Waals surface area contributed by atoms with Gasteiger partial charge in [0.25, 0.3) is 0 Å². The largest absolute Gasteiger partial charge is 0.266 e. The lowest BCUT2D eigenvalue weighted by molar-refractivity contribution is 0.463. The molecule has 0 fully saturated rings. The van der Waals surface area contributed by atoms with Gasteiger partial charge in [0.15, 0.2) is 0 Å². The molecule has 0 aliphatic rings. The van der Waals surface area contributed by atoms with E-state index in [0.717, 1.165) is 0 Å². The molecule has 0 heterocycles. The average molecular weight is 247 g/mol. The average Bonchev–Trinajstić information content (AvgIpc) is 1.70. The highest BCUT2D eigenvalue weighted by atomic mass is 31.1. The van der Waals surface area contributed by atoms with Crippen molar-refractivity contribution in [3.05, 3.63) is 0 Å². The second-order valence-electron chi connectivity index (χ2n) is 7.42. The lowest BCUT2D eigenvalue weighted by atomic mass is 10.1. The zero-order valence-corrected chi connectivity index (χ0v) is 13.3. The van der Waals surface area contributed by atoms with Crippen LogP contribution in [0.4, 0.5) is 0 Å². The third-order valence-electron chi connectivity index (χ3n) is 1.34. The molecule has 0 unspecified atom stereocenters. The SMILES string of the molecule is CC(C)(C)NP(NC(C)(C)C)NC(C)(C)C. The van der Waals surface area contributed by atoms with Crippen LogP contribution in [0.25, 0.3) is 0 Å². The molecule has 0 bridgehead atoms. The van der Waals surface area contributed by atoms with E-state index in [2.05, 4.69) is 77.6 Å². The van der Waals surface area contributed by atoms with Gasteiger partial charge < -0.3 is 0 Å². The van der Waals surface area contributed by atoms with E-state index in [1.165, 1.54) is 0 Å². The number of hydrogen-bond donors (Lipinski definition) is 3. The summed E-state index contributed by atoms with van der Waals surface area (Å²) < 4.78 is 0. The van der Waals surface area contributed by atoms with Gasteiger partial charge in [0.1, 0.15) is 8.37 Å². The first kappa shape index (κ1) is 16.3. The minimum atomic E-state index is -0.575. The van der Waals surface area contributed by atoms with Crippen molar-refractivity contribution in [2.75, 3.05) is 0 Å². The molecule has 0 aromatic rings. The molecule has 0 radical (unpaired) electrons. The Morgan fingerprint density at radius 2 is 0.688 bits per heavy atom. The zero-order chi connectivity index (χ0) is 13.2. The van der Waals surface area contributed by atoms with Crippen molar-refractivity contribution in [2.45, 2.75) is 78.9 Å². The first-order valence-corrected chi connectivity index (χ1v) is 7.26. The lowest BCUT2D eigenvalue weighted by Gasteiger charge is -2.37. The summed E-state index contributed by atoms with van der Waals surface area (Å²) in [4.78, 5) is 0. The van der Waals surface area contributed by atoms with Crippen molar-refractivity contribution in [3.8, 4) is 0 Å². The Morgan fingerprint density at radius 1 is 0.500 bits per heavy atom. The summed E-state index contributed by atoms with van der Waals surface area (Å²) in [7, 11) is -0.575. The van der Waals surface area contributed by atoms with Crippen LogP contribution in [0.1, 0.15) is 62.3 Å². The lowest BCUT2D eigenvalue weighted by Crippen LogP contribution is -2.48. The maximum absolute atomic E-state index is 3.61. The van der Waals surface area contributed by atoms with E-state index in [4.69, 9.17) is 0 Å². The Morgan fingerprint density at radius 3 is 0.812 bits per heavy atom.